The summed E-state index contributed by atoms with van der Waals surface area (Å²) < 4.78 is 0. The third-order valence-corrected chi connectivity index (χ3v) is 4.29. The number of carbonyl (C=O) groups excluding carboxylic acids is 1. The summed E-state index contributed by atoms with van der Waals surface area (Å²) >= 11 is 0. The summed E-state index contributed by atoms with van der Waals surface area (Å²) in [5, 5.41) is 3.01. The molecule has 0 radical (unpaired) electrons. The highest BCUT2D eigenvalue weighted by atomic mass is 16.1. The lowest BCUT2D eigenvalue weighted by molar-refractivity contribution is -0.115. The zero-order chi connectivity index (χ0) is 15.6. The first-order chi connectivity index (χ1) is 11.3. The van der Waals surface area contributed by atoms with Gasteiger partial charge in [-0.3, -0.25) is 4.79 Å². The second-order valence-electron chi connectivity index (χ2n) is 5.92. The first-order valence-electron chi connectivity index (χ1n) is 7.84. The zero-order valence-electron chi connectivity index (χ0n) is 12.8. The van der Waals surface area contributed by atoms with Gasteiger partial charge in [-0.05, 0) is 46.4 Å². The number of benzene rings is 3. The third kappa shape index (κ3) is 2.76. The fraction of sp³-hybridized carbons (Fsp3) is 0.0952. The summed E-state index contributed by atoms with van der Waals surface area (Å²) in [6.45, 7) is 0. The van der Waals surface area contributed by atoms with Gasteiger partial charge < -0.3 is 5.32 Å². The first-order valence-corrected chi connectivity index (χ1v) is 7.84. The van der Waals surface area contributed by atoms with Gasteiger partial charge in [0.1, 0.15) is 0 Å². The van der Waals surface area contributed by atoms with E-state index in [1.54, 1.807) is 0 Å². The van der Waals surface area contributed by atoms with Gasteiger partial charge in [0.25, 0.3) is 0 Å². The van der Waals surface area contributed by atoms with Crippen molar-refractivity contribution in [1.82, 2.24) is 0 Å². The van der Waals surface area contributed by atoms with E-state index in [-0.39, 0.29) is 5.91 Å². The highest BCUT2D eigenvalue weighted by molar-refractivity contribution is 5.93. The lowest BCUT2D eigenvalue weighted by Gasteiger charge is -2.08. The van der Waals surface area contributed by atoms with Crippen molar-refractivity contribution < 1.29 is 4.79 Å². The molecule has 0 atom stereocenters. The van der Waals surface area contributed by atoms with Crippen LogP contribution in [0, 0.1) is 0 Å². The molecule has 3 aromatic carbocycles. The van der Waals surface area contributed by atoms with E-state index < -0.39 is 0 Å². The van der Waals surface area contributed by atoms with E-state index in [2.05, 4.69) is 41.7 Å². The molecule has 1 amide bonds. The number of amides is 1. The predicted molar refractivity (Wildman–Crippen MR) is 93.5 cm³/mol. The van der Waals surface area contributed by atoms with Gasteiger partial charge in [0, 0.05) is 5.69 Å². The van der Waals surface area contributed by atoms with E-state index in [4.69, 9.17) is 0 Å². The summed E-state index contributed by atoms with van der Waals surface area (Å²) in [4.78, 5) is 12.2. The zero-order valence-corrected chi connectivity index (χ0v) is 12.8. The lowest BCUT2D eigenvalue weighted by atomic mass is 10.1. The molecule has 0 unspecified atom stereocenters. The minimum atomic E-state index is 0.0161. The number of carbonyl (C=O) groups is 1. The average molecular weight is 299 g/mol. The standard InChI is InChI=1S/C21H17NO/c23-21(12-15-6-2-1-3-7-15)22-18-11-10-17-13-16-8-4-5-9-19(16)20(17)14-18/h1-11,14H,12-13H2,(H,22,23). The highest BCUT2D eigenvalue weighted by Crippen LogP contribution is 2.37. The molecule has 4 rings (SSSR count). The number of nitrogens with one attached hydrogen (secondary N) is 1. The van der Waals surface area contributed by atoms with Crippen LogP contribution in [0.3, 0.4) is 0 Å². The van der Waals surface area contributed by atoms with Gasteiger partial charge in [-0.25, -0.2) is 0 Å². The predicted octanol–water partition coefficient (Wildman–Crippen LogP) is 4.44. The van der Waals surface area contributed by atoms with E-state index in [0.29, 0.717) is 6.42 Å². The van der Waals surface area contributed by atoms with E-state index in [1.807, 2.05) is 36.4 Å². The Bertz CT molecular complexity index is 868. The monoisotopic (exact) mass is 299 g/mol. The molecule has 0 aromatic heterocycles. The minimum Gasteiger partial charge on any atom is -0.326 e. The molecule has 2 nitrogen and oxygen atoms in total. The first kappa shape index (κ1) is 13.8. The molecule has 2 heteroatoms. The van der Waals surface area contributed by atoms with Crippen LogP contribution in [-0.4, -0.2) is 5.91 Å². The lowest BCUT2D eigenvalue weighted by Crippen LogP contribution is -2.14. The van der Waals surface area contributed by atoms with E-state index in [9.17, 15) is 4.79 Å². The molecule has 0 bridgehead atoms. The second-order valence-corrected chi connectivity index (χ2v) is 5.92. The molecule has 23 heavy (non-hydrogen) atoms. The molecule has 1 aliphatic carbocycles. The van der Waals surface area contributed by atoms with Crippen molar-refractivity contribution in [3.8, 4) is 11.1 Å². The fourth-order valence-corrected chi connectivity index (χ4v) is 3.19. The van der Waals surface area contributed by atoms with Gasteiger partial charge in [-0.2, -0.15) is 0 Å². The van der Waals surface area contributed by atoms with Crippen molar-refractivity contribution in [2.45, 2.75) is 12.8 Å². The molecule has 3 aromatic rings. The van der Waals surface area contributed by atoms with Crippen molar-refractivity contribution in [2.75, 3.05) is 5.32 Å². The Morgan fingerprint density at radius 2 is 1.57 bits per heavy atom. The maximum Gasteiger partial charge on any atom is 0.228 e. The molecule has 1 aliphatic rings. The van der Waals surface area contributed by atoms with Crippen LogP contribution in [0.5, 0.6) is 0 Å². The molecular weight excluding hydrogens is 282 g/mol. The van der Waals surface area contributed by atoms with Crippen LogP contribution in [0.15, 0.2) is 72.8 Å². The molecule has 0 aliphatic heterocycles. The Hall–Kier alpha value is -2.87. The molecule has 1 N–H and O–H groups in total. The van der Waals surface area contributed by atoms with Crippen LogP contribution in [0.2, 0.25) is 0 Å². The maximum absolute atomic E-state index is 12.2. The molecule has 0 spiro atoms. The average Bonchev–Trinajstić information content (AvgIpc) is 2.94. The van der Waals surface area contributed by atoms with Crippen molar-refractivity contribution in [1.29, 1.82) is 0 Å². The summed E-state index contributed by atoms with van der Waals surface area (Å²) in [5.41, 5.74) is 7.08. The van der Waals surface area contributed by atoms with Gasteiger partial charge in [-0.1, -0.05) is 60.7 Å². The van der Waals surface area contributed by atoms with E-state index in [1.165, 1.54) is 22.3 Å². The van der Waals surface area contributed by atoms with Gasteiger partial charge in [0.15, 0.2) is 0 Å². The Morgan fingerprint density at radius 1 is 0.826 bits per heavy atom. The molecular formula is C21H17NO. The fourth-order valence-electron chi connectivity index (χ4n) is 3.19. The highest BCUT2D eigenvalue weighted by Gasteiger charge is 2.18. The van der Waals surface area contributed by atoms with Crippen LogP contribution in [0.25, 0.3) is 11.1 Å². The van der Waals surface area contributed by atoms with Crippen LogP contribution in [0.4, 0.5) is 5.69 Å². The van der Waals surface area contributed by atoms with Crippen molar-refractivity contribution in [2.24, 2.45) is 0 Å². The quantitative estimate of drug-likeness (QED) is 0.595. The van der Waals surface area contributed by atoms with E-state index in [0.717, 1.165) is 17.7 Å². The van der Waals surface area contributed by atoms with Crippen molar-refractivity contribution in [3.63, 3.8) is 0 Å². The smallest absolute Gasteiger partial charge is 0.228 e. The number of hydrogen-bond donors (Lipinski definition) is 1. The normalized spacial score (nSPS) is 11.7. The Balaban J connectivity index is 1.55. The number of hydrogen-bond acceptors (Lipinski definition) is 1. The molecule has 0 saturated carbocycles. The van der Waals surface area contributed by atoms with Gasteiger partial charge >= 0.3 is 0 Å². The van der Waals surface area contributed by atoms with E-state index >= 15 is 0 Å². The van der Waals surface area contributed by atoms with Crippen LogP contribution in [-0.2, 0) is 17.6 Å². The van der Waals surface area contributed by atoms with Gasteiger partial charge in [0.05, 0.1) is 6.42 Å². The Labute approximate surface area is 135 Å². The molecule has 0 saturated heterocycles. The summed E-state index contributed by atoms with van der Waals surface area (Å²) in [5.74, 6) is 0.0161. The molecule has 0 fully saturated rings. The summed E-state index contributed by atoms with van der Waals surface area (Å²) in [7, 11) is 0. The number of rotatable bonds is 3. The SMILES string of the molecule is O=C(Cc1ccccc1)Nc1ccc2c(c1)-c1ccccc1C2. The molecule has 112 valence electrons. The third-order valence-electron chi connectivity index (χ3n) is 4.29. The Kier molecular flexibility index (Phi) is 3.43. The number of fused-ring (bicyclic) bond motifs is 3. The summed E-state index contributed by atoms with van der Waals surface area (Å²) in [6, 6.07) is 24.5. The van der Waals surface area contributed by atoms with Crippen molar-refractivity contribution in [3.05, 3.63) is 89.5 Å². The second kappa shape index (κ2) is 5.73. The number of anilines is 1. The Morgan fingerprint density at radius 3 is 2.43 bits per heavy atom. The largest absolute Gasteiger partial charge is 0.326 e. The van der Waals surface area contributed by atoms with Gasteiger partial charge in [-0.15, -0.1) is 0 Å². The maximum atomic E-state index is 12.2. The summed E-state index contributed by atoms with van der Waals surface area (Å²) in [6.07, 6.45) is 1.37. The van der Waals surface area contributed by atoms with Crippen molar-refractivity contribution >= 4 is 11.6 Å². The topological polar surface area (TPSA) is 29.1 Å². The molecule has 0 heterocycles. The minimum absolute atomic E-state index is 0.0161. The van der Waals surface area contributed by atoms with Crippen LogP contribution in [0.1, 0.15) is 16.7 Å². The van der Waals surface area contributed by atoms with Crippen LogP contribution < -0.4 is 5.32 Å². The van der Waals surface area contributed by atoms with Gasteiger partial charge in [0.2, 0.25) is 5.91 Å². The van der Waals surface area contributed by atoms with Crippen LogP contribution >= 0.6 is 0 Å².